The average molecular weight is 775 g/mol. The Bertz CT molecular complexity index is 3350. The lowest BCUT2D eigenvalue weighted by Crippen LogP contribution is -2.28. The first-order chi connectivity index (χ1) is 30.3. The number of benzene rings is 10. The maximum Gasteiger partial charge on any atom is 0.161 e. The van der Waals surface area contributed by atoms with Crippen LogP contribution in [0.3, 0.4) is 0 Å². The molecule has 12 rings (SSSR count). The minimum atomic E-state index is -0.437. The Morgan fingerprint density at radius 1 is 0.279 bits per heavy atom. The highest BCUT2D eigenvalue weighted by Crippen LogP contribution is 2.56. The van der Waals surface area contributed by atoms with E-state index in [2.05, 4.69) is 218 Å². The molecule has 0 unspecified atom stereocenters. The van der Waals surface area contributed by atoms with E-state index in [1.165, 1.54) is 71.4 Å². The summed E-state index contributed by atoms with van der Waals surface area (Å²) in [5, 5.41) is 7.18. The first-order valence-electron chi connectivity index (χ1n) is 21.0. The molecule has 0 atom stereocenters. The van der Waals surface area contributed by atoms with Gasteiger partial charge in [0.15, 0.2) is 5.82 Å². The monoisotopic (exact) mass is 774 g/mol. The van der Waals surface area contributed by atoms with Crippen LogP contribution in [0.2, 0.25) is 0 Å². The highest BCUT2D eigenvalue weighted by Gasteiger charge is 2.46. The van der Waals surface area contributed by atoms with Crippen LogP contribution in [0.25, 0.3) is 88.5 Å². The molecule has 0 amide bonds. The summed E-state index contributed by atoms with van der Waals surface area (Å²) in [6, 6.07) is 83.5. The van der Waals surface area contributed by atoms with Crippen LogP contribution in [0, 0.1) is 0 Å². The van der Waals surface area contributed by atoms with Crippen molar-refractivity contribution >= 4 is 32.3 Å². The van der Waals surface area contributed by atoms with Gasteiger partial charge in [0.2, 0.25) is 0 Å². The van der Waals surface area contributed by atoms with Crippen molar-refractivity contribution in [1.29, 1.82) is 0 Å². The minimum Gasteiger partial charge on any atom is -0.228 e. The zero-order chi connectivity index (χ0) is 40.3. The van der Waals surface area contributed by atoms with Gasteiger partial charge in [-0.05, 0) is 89.6 Å². The molecule has 1 aliphatic rings. The van der Waals surface area contributed by atoms with Crippen molar-refractivity contribution in [3.05, 3.63) is 253 Å². The van der Waals surface area contributed by atoms with E-state index in [-0.39, 0.29) is 0 Å². The van der Waals surface area contributed by atoms with E-state index in [1.807, 2.05) is 12.1 Å². The molecule has 0 radical (unpaired) electrons. The van der Waals surface area contributed by atoms with Gasteiger partial charge in [0.25, 0.3) is 0 Å². The van der Waals surface area contributed by atoms with E-state index in [1.54, 1.807) is 0 Å². The normalized spacial score (nSPS) is 12.7. The number of hydrogen-bond acceptors (Lipinski definition) is 2. The van der Waals surface area contributed by atoms with Crippen molar-refractivity contribution in [3.8, 4) is 56.2 Å². The molecule has 2 nitrogen and oxygen atoms in total. The summed E-state index contributed by atoms with van der Waals surface area (Å²) in [5.41, 5.74) is 14.5. The Labute approximate surface area is 355 Å². The standard InChI is InChI=1S/C59H38N2/c1-5-18-39(19-6-1)55-38-56(40-20-7-2-8-21-40)61-58(60-55)50-30-17-29-49-46-27-14-13-26-45(46)47-34-32-41(37-52(47)57(49)50)42-33-35-54-51(36-42)48-28-15-16-31-53(48)59(54,43-22-9-3-10-23-43)44-24-11-4-12-25-44/h1-38H. The Kier molecular flexibility index (Phi) is 8.11. The third-order valence-electron chi connectivity index (χ3n) is 12.8. The number of rotatable bonds is 6. The largest absolute Gasteiger partial charge is 0.228 e. The number of hydrogen-bond donors (Lipinski definition) is 0. The van der Waals surface area contributed by atoms with E-state index in [0.717, 1.165) is 33.5 Å². The van der Waals surface area contributed by atoms with Crippen LogP contribution in [-0.4, -0.2) is 9.97 Å². The van der Waals surface area contributed by atoms with Crippen molar-refractivity contribution < 1.29 is 0 Å². The molecule has 0 bridgehead atoms. The van der Waals surface area contributed by atoms with Crippen molar-refractivity contribution in [2.24, 2.45) is 0 Å². The molecule has 0 fully saturated rings. The molecule has 0 aliphatic heterocycles. The Hall–Kier alpha value is -7.94. The predicted octanol–water partition coefficient (Wildman–Crippen LogP) is 15.0. The number of fused-ring (bicyclic) bond motifs is 9. The first-order valence-corrected chi connectivity index (χ1v) is 21.0. The topological polar surface area (TPSA) is 25.8 Å². The minimum absolute atomic E-state index is 0.437. The Morgan fingerprint density at radius 2 is 0.754 bits per heavy atom. The molecule has 11 aromatic rings. The summed E-state index contributed by atoms with van der Waals surface area (Å²) in [7, 11) is 0. The predicted molar refractivity (Wildman–Crippen MR) is 254 cm³/mol. The molecule has 1 aromatic heterocycles. The zero-order valence-electron chi connectivity index (χ0n) is 33.3. The number of aromatic nitrogens is 2. The molecule has 10 aromatic carbocycles. The number of nitrogens with zero attached hydrogens (tertiary/aromatic N) is 2. The van der Waals surface area contributed by atoms with Crippen molar-refractivity contribution in [1.82, 2.24) is 9.97 Å². The van der Waals surface area contributed by atoms with Crippen LogP contribution >= 0.6 is 0 Å². The maximum atomic E-state index is 5.33. The van der Waals surface area contributed by atoms with Gasteiger partial charge < -0.3 is 0 Å². The highest BCUT2D eigenvalue weighted by molar-refractivity contribution is 6.28. The second kappa shape index (κ2) is 14.1. The van der Waals surface area contributed by atoms with E-state index < -0.39 is 5.41 Å². The first kappa shape index (κ1) is 35.0. The SMILES string of the molecule is c1ccc(-c2cc(-c3ccccc3)nc(-c3cccc4c5ccccc5c5ccc(-c6ccc7c(c6)-c6ccccc6C7(c6ccccc6)c6ccccc6)cc5c34)n2)cc1. The average Bonchev–Trinajstić information content (AvgIpc) is 3.65. The molecule has 0 saturated heterocycles. The second-order valence-corrected chi connectivity index (χ2v) is 16.0. The van der Waals surface area contributed by atoms with Crippen LogP contribution in [0.4, 0.5) is 0 Å². The summed E-state index contributed by atoms with van der Waals surface area (Å²) < 4.78 is 0. The van der Waals surface area contributed by atoms with Gasteiger partial charge in [-0.25, -0.2) is 9.97 Å². The molecular formula is C59H38N2. The van der Waals surface area contributed by atoms with Crippen molar-refractivity contribution in [2.45, 2.75) is 5.41 Å². The third kappa shape index (κ3) is 5.50. The lowest BCUT2D eigenvalue weighted by atomic mass is 9.67. The second-order valence-electron chi connectivity index (χ2n) is 16.0. The lowest BCUT2D eigenvalue weighted by Gasteiger charge is -2.33. The molecule has 61 heavy (non-hydrogen) atoms. The van der Waals surface area contributed by atoms with Crippen LogP contribution < -0.4 is 0 Å². The molecular weight excluding hydrogens is 737 g/mol. The van der Waals surface area contributed by atoms with Gasteiger partial charge in [-0.15, -0.1) is 0 Å². The van der Waals surface area contributed by atoms with Gasteiger partial charge in [-0.2, -0.15) is 0 Å². The maximum absolute atomic E-state index is 5.33. The summed E-state index contributed by atoms with van der Waals surface area (Å²) in [6.45, 7) is 0. The van der Waals surface area contributed by atoms with Crippen LogP contribution in [0.1, 0.15) is 22.3 Å². The highest BCUT2D eigenvalue weighted by atomic mass is 14.9. The van der Waals surface area contributed by atoms with Crippen LogP contribution in [-0.2, 0) is 5.41 Å². The van der Waals surface area contributed by atoms with E-state index in [4.69, 9.17) is 9.97 Å². The quantitative estimate of drug-likeness (QED) is 0.157. The summed E-state index contributed by atoms with van der Waals surface area (Å²) in [5.74, 6) is 0.708. The van der Waals surface area contributed by atoms with E-state index in [0.29, 0.717) is 5.82 Å². The smallest absolute Gasteiger partial charge is 0.161 e. The molecule has 0 N–H and O–H groups in total. The zero-order valence-corrected chi connectivity index (χ0v) is 33.3. The van der Waals surface area contributed by atoms with Gasteiger partial charge in [-0.1, -0.05) is 212 Å². The fourth-order valence-corrected chi connectivity index (χ4v) is 10.1. The van der Waals surface area contributed by atoms with Gasteiger partial charge in [-0.3, -0.25) is 0 Å². The molecule has 284 valence electrons. The molecule has 2 heteroatoms. The van der Waals surface area contributed by atoms with Gasteiger partial charge >= 0.3 is 0 Å². The molecule has 0 saturated carbocycles. The third-order valence-corrected chi connectivity index (χ3v) is 12.8. The molecule has 0 spiro atoms. The molecule has 1 heterocycles. The summed E-state index contributed by atoms with van der Waals surface area (Å²) in [6.07, 6.45) is 0. The van der Waals surface area contributed by atoms with Crippen LogP contribution in [0.5, 0.6) is 0 Å². The van der Waals surface area contributed by atoms with Crippen LogP contribution in [0.15, 0.2) is 231 Å². The Balaban J connectivity index is 1.11. The van der Waals surface area contributed by atoms with E-state index >= 15 is 0 Å². The molecule has 1 aliphatic carbocycles. The summed E-state index contributed by atoms with van der Waals surface area (Å²) in [4.78, 5) is 10.7. The van der Waals surface area contributed by atoms with Gasteiger partial charge in [0.1, 0.15) is 0 Å². The van der Waals surface area contributed by atoms with E-state index in [9.17, 15) is 0 Å². The Morgan fingerprint density at radius 3 is 1.41 bits per heavy atom. The van der Waals surface area contributed by atoms with Gasteiger partial charge in [0.05, 0.1) is 16.8 Å². The van der Waals surface area contributed by atoms with Crippen molar-refractivity contribution in [2.75, 3.05) is 0 Å². The van der Waals surface area contributed by atoms with Crippen molar-refractivity contribution in [3.63, 3.8) is 0 Å². The fraction of sp³-hybridized carbons (Fsp3) is 0.0169. The lowest BCUT2D eigenvalue weighted by molar-refractivity contribution is 0.768. The fourth-order valence-electron chi connectivity index (χ4n) is 10.1. The van der Waals surface area contributed by atoms with Gasteiger partial charge in [0, 0.05) is 22.1 Å². The summed E-state index contributed by atoms with van der Waals surface area (Å²) >= 11 is 0.